The van der Waals surface area contributed by atoms with E-state index in [4.69, 9.17) is 0 Å². The summed E-state index contributed by atoms with van der Waals surface area (Å²) in [5.41, 5.74) is 1.15. The summed E-state index contributed by atoms with van der Waals surface area (Å²) in [5, 5.41) is 6.56. The summed E-state index contributed by atoms with van der Waals surface area (Å²) in [7, 11) is 0. The van der Waals surface area contributed by atoms with Crippen molar-refractivity contribution in [2.24, 2.45) is 0 Å². The number of hydrogen-bond donors (Lipinski definition) is 2. The Morgan fingerprint density at radius 1 is 1.20 bits per heavy atom. The van der Waals surface area contributed by atoms with E-state index >= 15 is 0 Å². The topological polar surface area (TPSA) is 47.6 Å². The molecule has 0 bridgehead atoms. The maximum Gasteiger partial charge on any atom is 0.317 e. The molecule has 1 atom stereocenters. The number of piperidine rings is 1. The molecule has 2 aliphatic heterocycles. The van der Waals surface area contributed by atoms with E-state index in [1.54, 1.807) is 0 Å². The highest BCUT2D eigenvalue weighted by atomic mass is 16.2. The Morgan fingerprint density at radius 2 is 2.00 bits per heavy atom. The molecule has 1 aromatic rings. The Kier molecular flexibility index (Phi) is 7.12. The minimum absolute atomic E-state index is 0.0824. The molecule has 0 aromatic heterocycles. The molecule has 2 amide bonds. The molecule has 5 heteroatoms. The fourth-order valence-electron chi connectivity index (χ4n) is 3.90. The van der Waals surface area contributed by atoms with Crippen LogP contribution in [0.2, 0.25) is 0 Å². The molecule has 5 nitrogen and oxygen atoms in total. The summed E-state index contributed by atoms with van der Waals surface area (Å²) < 4.78 is 0. The second-order valence-corrected chi connectivity index (χ2v) is 7.24. The monoisotopic (exact) mass is 344 g/mol. The van der Waals surface area contributed by atoms with Crippen LogP contribution in [0.25, 0.3) is 0 Å². The Balaban J connectivity index is 1.51. The number of rotatable bonds is 7. The molecule has 0 spiro atoms. The maximum absolute atomic E-state index is 12.8. The van der Waals surface area contributed by atoms with Crippen LogP contribution in [0.15, 0.2) is 30.3 Å². The maximum atomic E-state index is 12.8. The third-order valence-electron chi connectivity index (χ3n) is 5.33. The molecule has 3 rings (SSSR count). The molecule has 2 N–H and O–H groups in total. The minimum atomic E-state index is 0.0824. The first-order valence-electron chi connectivity index (χ1n) is 9.84. The lowest BCUT2D eigenvalue weighted by Crippen LogP contribution is -2.52. The van der Waals surface area contributed by atoms with Crippen molar-refractivity contribution in [1.29, 1.82) is 0 Å². The van der Waals surface area contributed by atoms with E-state index in [0.29, 0.717) is 12.6 Å². The molecule has 138 valence electrons. The van der Waals surface area contributed by atoms with Crippen molar-refractivity contribution in [1.82, 2.24) is 20.4 Å². The zero-order chi connectivity index (χ0) is 17.3. The lowest BCUT2D eigenvalue weighted by molar-refractivity contribution is 0.155. The number of likely N-dealkylation sites (tertiary alicyclic amines) is 1. The largest absolute Gasteiger partial charge is 0.334 e. The number of nitrogens with one attached hydrogen (secondary N) is 2. The molecule has 1 unspecified atom stereocenters. The summed E-state index contributed by atoms with van der Waals surface area (Å²) in [4.78, 5) is 17.4. The number of carbonyl (C=O) groups excluding carboxylic acids is 1. The standard InChI is InChI=1S/C20H32N4O/c25-20(22-16-18-8-2-1-3-9-18)24(19-10-6-11-21-17-19)15-7-14-23-12-4-5-13-23/h1-3,8-9,19,21H,4-7,10-17H2,(H,22,25). The van der Waals surface area contributed by atoms with Crippen molar-refractivity contribution in [3.63, 3.8) is 0 Å². The van der Waals surface area contributed by atoms with Gasteiger partial charge in [0.25, 0.3) is 0 Å². The van der Waals surface area contributed by atoms with Gasteiger partial charge in [-0.3, -0.25) is 0 Å². The highest BCUT2D eigenvalue weighted by molar-refractivity contribution is 5.74. The van der Waals surface area contributed by atoms with Gasteiger partial charge < -0.3 is 20.4 Å². The second-order valence-electron chi connectivity index (χ2n) is 7.24. The second kappa shape index (κ2) is 9.78. The summed E-state index contributed by atoms with van der Waals surface area (Å²) >= 11 is 0. The van der Waals surface area contributed by atoms with Crippen molar-refractivity contribution >= 4 is 6.03 Å². The average Bonchev–Trinajstić information content (AvgIpc) is 3.18. The molecule has 1 aromatic carbocycles. The Morgan fingerprint density at radius 3 is 2.72 bits per heavy atom. The zero-order valence-corrected chi connectivity index (χ0v) is 15.3. The lowest BCUT2D eigenvalue weighted by Gasteiger charge is -2.35. The quantitative estimate of drug-likeness (QED) is 0.799. The molecule has 0 saturated carbocycles. The first-order chi connectivity index (χ1) is 12.3. The molecule has 0 aliphatic carbocycles. The third kappa shape index (κ3) is 5.72. The summed E-state index contributed by atoms with van der Waals surface area (Å²) in [6.45, 7) is 7.01. The predicted molar refractivity (Wildman–Crippen MR) is 102 cm³/mol. The number of amides is 2. The fraction of sp³-hybridized carbons (Fsp3) is 0.650. The van der Waals surface area contributed by atoms with E-state index in [1.807, 2.05) is 18.2 Å². The van der Waals surface area contributed by atoms with Crippen LogP contribution in [0.3, 0.4) is 0 Å². The van der Waals surface area contributed by atoms with Crippen molar-refractivity contribution in [2.75, 3.05) is 39.3 Å². The van der Waals surface area contributed by atoms with Crippen LogP contribution in [0.4, 0.5) is 4.79 Å². The van der Waals surface area contributed by atoms with Gasteiger partial charge in [0.2, 0.25) is 0 Å². The van der Waals surface area contributed by atoms with Crippen LogP contribution in [0, 0.1) is 0 Å². The number of urea groups is 1. The first-order valence-corrected chi connectivity index (χ1v) is 9.84. The Hall–Kier alpha value is -1.59. The van der Waals surface area contributed by atoms with Gasteiger partial charge in [-0.25, -0.2) is 4.79 Å². The number of benzene rings is 1. The van der Waals surface area contributed by atoms with Crippen molar-refractivity contribution < 1.29 is 4.79 Å². The minimum Gasteiger partial charge on any atom is -0.334 e. The van der Waals surface area contributed by atoms with Crippen LogP contribution < -0.4 is 10.6 Å². The predicted octanol–water partition coefficient (Wildman–Crippen LogP) is 2.44. The van der Waals surface area contributed by atoms with E-state index in [-0.39, 0.29) is 6.03 Å². The van der Waals surface area contributed by atoms with Gasteiger partial charge >= 0.3 is 6.03 Å². The van der Waals surface area contributed by atoms with Crippen LogP contribution >= 0.6 is 0 Å². The Bertz CT molecular complexity index is 510. The number of hydrogen-bond acceptors (Lipinski definition) is 3. The molecule has 2 heterocycles. The van der Waals surface area contributed by atoms with E-state index in [1.165, 1.54) is 25.9 Å². The van der Waals surface area contributed by atoms with Crippen molar-refractivity contribution in [2.45, 2.75) is 44.7 Å². The van der Waals surface area contributed by atoms with E-state index in [2.05, 4.69) is 32.6 Å². The molecule has 2 aliphatic rings. The highest BCUT2D eigenvalue weighted by Crippen LogP contribution is 2.13. The third-order valence-corrected chi connectivity index (χ3v) is 5.33. The van der Waals surface area contributed by atoms with E-state index in [9.17, 15) is 4.79 Å². The van der Waals surface area contributed by atoms with Gasteiger partial charge in [0.15, 0.2) is 0 Å². The molecule has 2 saturated heterocycles. The van der Waals surface area contributed by atoms with Gasteiger partial charge in [-0.05, 0) is 63.8 Å². The number of carbonyl (C=O) groups is 1. The first kappa shape index (κ1) is 18.2. The smallest absolute Gasteiger partial charge is 0.317 e. The molecular weight excluding hydrogens is 312 g/mol. The van der Waals surface area contributed by atoms with Gasteiger partial charge in [-0.2, -0.15) is 0 Å². The summed E-state index contributed by atoms with van der Waals surface area (Å²) in [6.07, 6.45) is 5.98. The molecule has 2 fully saturated rings. The van der Waals surface area contributed by atoms with Crippen LogP contribution in [-0.4, -0.2) is 61.1 Å². The van der Waals surface area contributed by atoms with Gasteiger partial charge in [-0.15, -0.1) is 0 Å². The van der Waals surface area contributed by atoms with Crippen molar-refractivity contribution in [3.05, 3.63) is 35.9 Å². The molecule has 0 radical (unpaired) electrons. The van der Waals surface area contributed by atoms with E-state index in [0.717, 1.165) is 51.0 Å². The van der Waals surface area contributed by atoms with E-state index < -0.39 is 0 Å². The zero-order valence-electron chi connectivity index (χ0n) is 15.3. The fourth-order valence-corrected chi connectivity index (χ4v) is 3.90. The SMILES string of the molecule is O=C(NCc1ccccc1)N(CCCN1CCCC1)C1CCCNC1. The number of nitrogens with zero attached hydrogens (tertiary/aromatic N) is 2. The highest BCUT2D eigenvalue weighted by Gasteiger charge is 2.25. The molecular formula is C20H32N4O. The van der Waals surface area contributed by atoms with Gasteiger partial charge in [0, 0.05) is 25.7 Å². The summed E-state index contributed by atoms with van der Waals surface area (Å²) in [5.74, 6) is 0. The van der Waals surface area contributed by atoms with Gasteiger partial charge in [0.1, 0.15) is 0 Å². The Labute approximate surface area is 151 Å². The lowest BCUT2D eigenvalue weighted by atomic mass is 10.1. The van der Waals surface area contributed by atoms with Crippen LogP contribution in [0.5, 0.6) is 0 Å². The van der Waals surface area contributed by atoms with Crippen molar-refractivity contribution in [3.8, 4) is 0 Å². The summed E-state index contributed by atoms with van der Waals surface area (Å²) in [6, 6.07) is 10.5. The molecule has 25 heavy (non-hydrogen) atoms. The average molecular weight is 345 g/mol. The van der Waals surface area contributed by atoms with Crippen LogP contribution in [0.1, 0.15) is 37.7 Å². The van der Waals surface area contributed by atoms with Crippen LogP contribution in [-0.2, 0) is 6.54 Å². The van der Waals surface area contributed by atoms with Gasteiger partial charge in [0.05, 0.1) is 0 Å². The van der Waals surface area contributed by atoms with Gasteiger partial charge in [-0.1, -0.05) is 30.3 Å². The normalized spacial score (nSPS) is 21.2.